The Balaban J connectivity index is 2.57. The summed E-state index contributed by atoms with van der Waals surface area (Å²) >= 11 is 0. The second kappa shape index (κ2) is 4.06. The van der Waals surface area contributed by atoms with Crippen LogP contribution in [0.25, 0.3) is 0 Å². The summed E-state index contributed by atoms with van der Waals surface area (Å²) in [4.78, 5) is 2.43. The van der Waals surface area contributed by atoms with Crippen LogP contribution in [0.4, 0.5) is 0 Å². The average Bonchev–Trinajstić information content (AvgIpc) is 2.04. The molecule has 12 heavy (non-hydrogen) atoms. The highest BCUT2D eigenvalue weighted by molar-refractivity contribution is 4.92. The van der Waals surface area contributed by atoms with E-state index in [1.54, 1.807) is 0 Å². The molecule has 2 atom stereocenters. The van der Waals surface area contributed by atoms with Gasteiger partial charge in [0.25, 0.3) is 0 Å². The van der Waals surface area contributed by atoms with E-state index >= 15 is 0 Å². The van der Waals surface area contributed by atoms with Crippen LogP contribution in [-0.2, 0) is 4.74 Å². The third kappa shape index (κ3) is 2.08. The van der Waals surface area contributed by atoms with Crippen molar-refractivity contribution in [2.45, 2.75) is 39.0 Å². The Hall–Kier alpha value is -0.340. The van der Waals surface area contributed by atoms with Crippen LogP contribution in [0.2, 0.25) is 0 Å². The summed E-state index contributed by atoms with van der Waals surface area (Å²) in [6.45, 7) is 12.2. The van der Waals surface area contributed by atoms with Gasteiger partial charge in [0.05, 0.1) is 18.8 Å². The number of hydrogen-bond donors (Lipinski definition) is 0. The molecule has 0 spiro atoms. The third-order valence-electron chi connectivity index (χ3n) is 2.38. The van der Waals surface area contributed by atoms with Crippen molar-refractivity contribution in [2.24, 2.45) is 0 Å². The molecule has 0 aromatic heterocycles. The first kappa shape index (κ1) is 9.75. The topological polar surface area (TPSA) is 12.5 Å². The van der Waals surface area contributed by atoms with E-state index in [0.29, 0.717) is 18.2 Å². The van der Waals surface area contributed by atoms with Crippen molar-refractivity contribution in [1.82, 2.24) is 4.90 Å². The van der Waals surface area contributed by atoms with E-state index in [1.807, 2.05) is 6.08 Å². The Morgan fingerprint density at radius 1 is 1.58 bits per heavy atom. The number of nitrogens with zero attached hydrogens (tertiary/aromatic N) is 1. The fourth-order valence-electron chi connectivity index (χ4n) is 1.64. The largest absolute Gasteiger partial charge is 0.375 e. The molecule has 70 valence electrons. The predicted octanol–water partition coefficient (Wildman–Crippen LogP) is 1.67. The Bertz CT molecular complexity index is 156. The fourth-order valence-corrected chi connectivity index (χ4v) is 1.64. The van der Waals surface area contributed by atoms with Gasteiger partial charge in [-0.15, -0.1) is 6.58 Å². The van der Waals surface area contributed by atoms with Gasteiger partial charge >= 0.3 is 0 Å². The van der Waals surface area contributed by atoms with Crippen molar-refractivity contribution in [2.75, 3.05) is 13.2 Å². The summed E-state index contributed by atoms with van der Waals surface area (Å²) in [5.74, 6) is 0. The van der Waals surface area contributed by atoms with Gasteiger partial charge in [0.2, 0.25) is 0 Å². The van der Waals surface area contributed by atoms with Crippen LogP contribution in [0.5, 0.6) is 0 Å². The molecular formula is C10H19NO. The summed E-state index contributed by atoms with van der Waals surface area (Å²) in [7, 11) is 0. The first-order chi connectivity index (χ1) is 5.65. The quantitative estimate of drug-likeness (QED) is 0.583. The van der Waals surface area contributed by atoms with Crippen LogP contribution in [0, 0.1) is 0 Å². The molecule has 1 heterocycles. The lowest BCUT2D eigenvalue weighted by Gasteiger charge is -2.39. The molecule has 0 unspecified atom stereocenters. The Kier molecular flexibility index (Phi) is 3.29. The third-order valence-corrected chi connectivity index (χ3v) is 2.38. The predicted molar refractivity (Wildman–Crippen MR) is 51.2 cm³/mol. The van der Waals surface area contributed by atoms with E-state index in [1.165, 1.54) is 0 Å². The van der Waals surface area contributed by atoms with Crippen molar-refractivity contribution in [3.8, 4) is 0 Å². The lowest BCUT2D eigenvalue weighted by Crippen LogP contribution is -2.50. The van der Waals surface area contributed by atoms with Crippen LogP contribution < -0.4 is 0 Å². The minimum absolute atomic E-state index is 0.364. The molecule has 2 nitrogen and oxygen atoms in total. The monoisotopic (exact) mass is 169 g/mol. The van der Waals surface area contributed by atoms with Crippen molar-refractivity contribution in [3.63, 3.8) is 0 Å². The molecule has 0 radical (unpaired) electrons. The summed E-state index contributed by atoms with van der Waals surface area (Å²) in [6, 6.07) is 0.987. The first-order valence-electron chi connectivity index (χ1n) is 4.65. The van der Waals surface area contributed by atoms with E-state index in [2.05, 4.69) is 32.3 Å². The van der Waals surface area contributed by atoms with Gasteiger partial charge in [0, 0.05) is 12.6 Å². The zero-order valence-electron chi connectivity index (χ0n) is 8.29. The minimum atomic E-state index is 0.364. The Morgan fingerprint density at radius 2 is 2.25 bits per heavy atom. The van der Waals surface area contributed by atoms with Crippen molar-refractivity contribution in [3.05, 3.63) is 12.7 Å². The van der Waals surface area contributed by atoms with Crippen LogP contribution >= 0.6 is 0 Å². The van der Waals surface area contributed by atoms with Crippen molar-refractivity contribution >= 4 is 0 Å². The van der Waals surface area contributed by atoms with E-state index in [-0.39, 0.29) is 0 Å². The van der Waals surface area contributed by atoms with Gasteiger partial charge < -0.3 is 4.74 Å². The molecule has 0 aromatic rings. The number of rotatable bonds is 2. The highest BCUT2D eigenvalue weighted by Crippen LogP contribution is 2.15. The first-order valence-corrected chi connectivity index (χ1v) is 4.65. The molecular weight excluding hydrogens is 150 g/mol. The summed E-state index contributed by atoms with van der Waals surface area (Å²) in [6.07, 6.45) is 2.34. The number of hydrogen-bond acceptors (Lipinski definition) is 2. The molecule has 0 N–H and O–H groups in total. The lowest BCUT2D eigenvalue weighted by molar-refractivity contribution is -0.0520. The number of morpholine rings is 1. The second-order valence-electron chi connectivity index (χ2n) is 3.74. The zero-order chi connectivity index (χ0) is 9.14. The normalized spacial score (nSPS) is 32.3. The van der Waals surface area contributed by atoms with Gasteiger partial charge in [-0.3, -0.25) is 4.90 Å². The maximum absolute atomic E-state index is 5.55. The van der Waals surface area contributed by atoms with E-state index in [0.717, 1.165) is 13.2 Å². The van der Waals surface area contributed by atoms with Gasteiger partial charge in [0.15, 0.2) is 0 Å². The van der Waals surface area contributed by atoms with Crippen LogP contribution in [0.15, 0.2) is 12.7 Å². The summed E-state index contributed by atoms with van der Waals surface area (Å²) < 4.78 is 5.55. The fraction of sp³-hybridized carbons (Fsp3) is 0.800. The van der Waals surface area contributed by atoms with Crippen molar-refractivity contribution in [1.29, 1.82) is 0 Å². The maximum Gasteiger partial charge on any atom is 0.0675 e. The molecule has 1 rings (SSSR count). The van der Waals surface area contributed by atoms with E-state index in [4.69, 9.17) is 4.74 Å². The SMILES string of the molecule is C=C[C@H]1CO[C@@H](C)CN1C(C)C. The molecule has 0 amide bonds. The molecule has 1 saturated heterocycles. The second-order valence-corrected chi connectivity index (χ2v) is 3.74. The molecule has 0 bridgehead atoms. The number of ether oxygens (including phenoxy) is 1. The van der Waals surface area contributed by atoms with E-state index < -0.39 is 0 Å². The van der Waals surface area contributed by atoms with Gasteiger partial charge in [-0.1, -0.05) is 6.08 Å². The molecule has 1 aliphatic heterocycles. The molecule has 1 fully saturated rings. The highest BCUT2D eigenvalue weighted by atomic mass is 16.5. The Morgan fingerprint density at radius 3 is 2.75 bits per heavy atom. The van der Waals surface area contributed by atoms with Crippen LogP contribution in [0.1, 0.15) is 20.8 Å². The Labute approximate surface area is 75.2 Å². The molecule has 0 aliphatic carbocycles. The van der Waals surface area contributed by atoms with Gasteiger partial charge in [-0.25, -0.2) is 0 Å². The summed E-state index contributed by atoms with van der Waals surface area (Å²) in [5, 5.41) is 0. The average molecular weight is 169 g/mol. The van der Waals surface area contributed by atoms with Gasteiger partial charge in [-0.2, -0.15) is 0 Å². The van der Waals surface area contributed by atoms with Gasteiger partial charge in [0.1, 0.15) is 0 Å². The molecule has 0 saturated carbocycles. The molecule has 2 heteroatoms. The molecule has 0 aromatic carbocycles. The van der Waals surface area contributed by atoms with E-state index in [9.17, 15) is 0 Å². The minimum Gasteiger partial charge on any atom is -0.375 e. The highest BCUT2D eigenvalue weighted by Gasteiger charge is 2.25. The molecule has 1 aliphatic rings. The maximum atomic E-state index is 5.55. The van der Waals surface area contributed by atoms with Gasteiger partial charge in [-0.05, 0) is 20.8 Å². The summed E-state index contributed by atoms with van der Waals surface area (Å²) in [5.41, 5.74) is 0. The van der Waals surface area contributed by atoms with Crippen molar-refractivity contribution < 1.29 is 4.74 Å². The zero-order valence-corrected chi connectivity index (χ0v) is 8.29. The van der Waals surface area contributed by atoms with Crippen LogP contribution in [-0.4, -0.2) is 36.2 Å². The standard InChI is InChI=1S/C10H19NO/c1-5-10-7-12-9(4)6-11(10)8(2)3/h5,8-10H,1,6-7H2,2-4H3/t9-,10-/m0/s1. The smallest absolute Gasteiger partial charge is 0.0675 e. The lowest BCUT2D eigenvalue weighted by atomic mass is 10.1. The van der Waals surface area contributed by atoms with Crippen LogP contribution in [0.3, 0.4) is 0 Å².